The number of carbonyl (C=O) groups is 1. The first-order chi connectivity index (χ1) is 11.5. The van der Waals surface area contributed by atoms with Crippen LogP contribution in [0.3, 0.4) is 0 Å². The van der Waals surface area contributed by atoms with Gasteiger partial charge < -0.3 is 15.5 Å². The van der Waals surface area contributed by atoms with Gasteiger partial charge >= 0.3 is 0 Å². The summed E-state index contributed by atoms with van der Waals surface area (Å²) in [7, 11) is 0. The van der Waals surface area contributed by atoms with E-state index in [9.17, 15) is 4.79 Å². The fraction of sp³-hybridized carbons (Fsp3) is 0.650. The Hall–Kier alpha value is -1.55. The van der Waals surface area contributed by atoms with Gasteiger partial charge in [-0.1, -0.05) is 6.07 Å². The minimum atomic E-state index is 0.347. The molecule has 2 heterocycles. The van der Waals surface area contributed by atoms with Crippen LogP contribution < -0.4 is 5.73 Å². The fourth-order valence-corrected chi connectivity index (χ4v) is 4.15. The molecule has 2 aliphatic heterocycles. The molecule has 0 radical (unpaired) electrons. The molecule has 1 amide bonds. The number of hydrogen-bond donors (Lipinski definition) is 1. The summed E-state index contributed by atoms with van der Waals surface area (Å²) in [6.45, 7) is 9.32. The standard InChI is InChI=1S/C20H31N3O/c1-15-14-19(21)16(2)13-18(15)17-5-10-22(11-6-17)12-7-20(24)23-8-3-4-9-23/h13-14,17H,3-12,21H2,1-2H3. The lowest BCUT2D eigenvalue weighted by Crippen LogP contribution is -2.37. The van der Waals surface area contributed by atoms with Gasteiger partial charge in [0.25, 0.3) is 0 Å². The number of aryl methyl sites for hydroxylation is 2. The summed E-state index contributed by atoms with van der Waals surface area (Å²) in [6.07, 6.45) is 5.41. The molecule has 0 unspecified atom stereocenters. The van der Waals surface area contributed by atoms with E-state index in [2.05, 4.69) is 30.9 Å². The minimum Gasteiger partial charge on any atom is -0.399 e. The van der Waals surface area contributed by atoms with Crippen LogP contribution in [-0.2, 0) is 4.79 Å². The van der Waals surface area contributed by atoms with Crippen molar-refractivity contribution >= 4 is 11.6 Å². The van der Waals surface area contributed by atoms with E-state index >= 15 is 0 Å². The average molecular weight is 329 g/mol. The highest BCUT2D eigenvalue weighted by atomic mass is 16.2. The summed E-state index contributed by atoms with van der Waals surface area (Å²) in [6, 6.07) is 4.40. The van der Waals surface area contributed by atoms with Crippen molar-refractivity contribution in [2.24, 2.45) is 0 Å². The molecule has 0 spiro atoms. The van der Waals surface area contributed by atoms with Crippen molar-refractivity contribution in [3.05, 3.63) is 28.8 Å². The largest absolute Gasteiger partial charge is 0.399 e. The summed E-state index contributed by atoms with van der Waals surface area (Å²) in [4.78, 5) is 16.7. The van der Waals surface area contributed by atoms with Gasteiger partial charge in [0.05, 0.1) is 0 Å². The van der Waals surface area contributed by atoms with E-state index in [-0.39, 0.29) is 0 Å². The number of amides is 1. The Morgan fingerprint density at radius 1 is 1.08 bits per heavy atom. The number of rotatable bonds is 4. The maximum Gasteiger partial charge on any atom is 0.223 e. The second-order valence-corrected chi connectivity index (χ2v) is 7.52. The summed E-state index contributed by atoms with van der Waals surface area (Å²) >= 11 is 0. The number of nitrogens with two attached hydrogens (primary N) is 1. The highest BCUT2D eigenvalue weighted by molar-refractivity contribution is 5.76. The van der Waals surface area contributed by atoms with Crippen molar-refractivity contribution in [3.8, 4) is 0 Å². The molecule has 2 aliphatic rings. The summed E-state index contributed by atoms with van der Waals surface area (Å²) in [5.74, 6) is 0.981. The molecule has 1 aromatic rings. The van der Waals surface area contributed by atoms with Crippen LogP contribution in [0.15, 0.2) is 12.1 Å². The number of nitrogen functional groups attached to an aromatic ring is 1. The van der Waals surface area contributed by atoms with Crippen LogP contribution in [0.5, 0.6) is 0 Å². The molecular weight excluding hydrogens is 298 g/mol. The van der Waals surface area contributed by atoms with E-state index in [0.717, 1.165) is 38.4 Å². The van der Waals surface area contributed by atoms with E-state index in [1.807, 2.05) is 4.90 Å². The number of hydrogen-bond acceptors (Lipinski definition) is 3. The summed E-state index contributed by atoms with van der Waals surface area (Å²) < 4.78 is 0. The number of anilines is 1. The maximum atomic E-state index is 12.2. The third-order valence-corrected chi connectivity index (χ3v) is 5.78. The zero-order chi connectivity index (χ0) is 17.1. The zero-order valence-electron chi connectivity index (χ0n) is 15.2. The van der Waals surface area contributed by atoms with Gasteiger partial charge in [0.1, 0.15) is 0 Å². The second-order valence-electron chi connectivity index (χ2n) is 7.52. The normalized spacial score (nSPS) is 19.8. The molecule has 24 heavy (non-hydrogen) atoms. The molecule has 0 bridgehead atoms. The van der Waals surface area contributed by atoms with Crippen LogP contribution in [0.25, 0.3) is 0 Å². The molecule has 2 N–H and O–H groups in total. The molecule has 0 aliphatic carbocycles. The van der Waals surface area contributed by atoms with Gasteiger partial charge in [0.2, 0.25) is 5.91 Å². The minimum absolute atomic E-state index is 0.347. The quantitative estimate of drug-likeness (QED) is 0.864. The molecule has 2 saturated heterocycles. The van der Waals surface area contributed by atoms with E-state index in [1.54, 1.807) is 0 Å². The third kappa shape index (κ3) is 3.92. The van der Waals surface area contributed by atoms with Crippen molar-refractivity contribution in [1.82, 2.24) is 9.80 Å². The Bertz CT molecular complexity index is 585. The molecule has 0 atom stereocenters. The molecule has 132 valence electrons. The Labute approximate surface area is 146 Å². The lowest BCUT2D eigenvalue weighted by atomic mass is 9.85. The van der Waals surface area contributed by atoms with Crippen molar-refractivity contribution in [2.45, 2.75) is 51.9 Å². The molecular formula is C20H31N3O. The maximum absolute atomic E-state index is 12.2. The van der Waals surface area contributed by atoms with Gasteiger partial charge in [-0.25, -0.2) is 0 Å². The van der Waals surface area contributed by atoms with E-state index in [4.69, 9.17) is 5.73 Å². The molecule has 4 heteroatoms. The number of likely N-dealkylation sites (tertiary alicyclic amines) is 2. The van der Waals surface area contributed by atoms with Gasteiger partial charge in [-0.15, -0.1) is 0 Å². The van der Waals surface area contributed by atoms with Crippen LogP contribution in [0.4, 0.5) is 5.69 Å². The number of benzene rings is 1. The Morgan fingerprint density at radius 2 is 1.75 bits per heavy atom. The van der Waals surface area contributed by atoms with Crippen LogP contribution in [0, 0.1) is 13.8 Å². The van der Waals surface area contributed by atoms with Crippen LogP contribution in [-0.4, -0.2) is 48.4 Å². The molecule has 0 aromatic heterocycles. The highest BCUT2D eigenvalue weighted by Crippen LogP contribution is 2.32. The lowest BCUT2D eigenvalue weighted by molar-refractivity contribution is -0.130. The Morgan fingerprint density at radius 3 is 2.42 bits per heavy atom. The van der Waals surface area contributed by atoms with Crippen molar-refractivity contribution < 1.29 is 4.79 Å². The topological polar surface area (TPSA) is 49.6 Å². The highest BCUT2D eigenvalue weighted by Gasteiger charge is 2.24. The van der Waals surface area contributed by atoms with E-state index in [0.29, 0.717) is 18.2 Å². The van der Waals surface area contributed by atoms with Gasteiger partial charge in [-0.05, 0) is 81.3 Å². The first-order valence-electron chi connectivity index (χ1n) is 9.41. The number of carbonyl (C=O) groups excluding carboxylic acids is 1. The van der Waals surface area contributed by atoms with Gasteiger partial charge in [0, 0.05) is 31.7 Å². The number of piperidine rings is 1. The molecule has 1 aromatic carbocycles. The second kappa shape index (κ2) is 7.56. The Kier molecular flexibility index (Phi) is 5.44. The SMILES string of the molecule is Cc1cc(C2CCN(CCC(=O)N3CCCC3)CC2)c(C)cc1N. The lowest BCUT2D eigenvalue weighted by Gasteiger charge is -2.33. The average Bonchev–Trinajstić information content (AvgIpc) is 3.11. The smallest absolute Gasteiger partial charge is 0.223 e. The van der Waals surface area contributed by atoms with Crippen molar-refractivity contribution in [2.75, 3.05) is 38.5 Å². The zero-order valence-corrected chi connectivity index (χ0v) is 15.2. The van der Waals surface area contributed by atoms with Crippen molar-refractivity contribution in [3.63, 3.8) is 0 Å². The first kappa shape index (κ1) is 17.3. The van der Waals surface area contributed by atoms with E-state index in [1.165, 1.54) is 42.4 Å². The molecule has 4 nitrogen and oxygen atoms in total. The fourth-order valence-electron chi connectivity index (χ4n) is 4.15. The molecule has 2 fully saturated rings. The summed E-state index contributed by atoms with van der Waals surface area (Å²) in [5, 5.41) is 0. The first-order valence-corrected chi connectivity index (χ1v) is 9.41. The van der Waals surface area contributed by atoms with Gasteiger partial charge in [-0.2, -0.15) is 0 Å². The Balaban J connectivity index is 1.49. The summed E-state index contributed by atoms with van der Waals surface area (Å²) in [5.41, 5.74) is 10.9. The van der Waals surface area contributed by atoms with E-state index < -0.39 is 0 Å². The predicted molar refractivity (Wildman–Crippen MR) is 99.2 cm³/mol. The predicted octanol–water partition coefficient (Wildman–Crippen LogP) is 3.08. The monoisotopic (exact) mass is 329 g/mol. The van der Waals surface area contributed by atoms with Crippen LogP contribution in [0.1, 0.15) is 54.7 Å². The van der Waals surface area contributed by atoms with Crippen LogP contribution in [0.2, 0.25) is 0 Å². The van der Waals surface area contributed by atoms with Crippen LogP contribution >= 0.6 is 0 Å². The molecule has 0 saturated carbocycles. The molecule has 3 rings (SSSR count). The van der Waals surface area contributed by atoms with Gasteiger partial charge in [-0.3, -0.25) is 4.79 Å². The third-order valence-electron chi connectivity index (χ3n) is 5.78. The number of nitrogens with zero attached hydrogens (tertiary/aromatic N) is 2. The van der Waals surface area contributed by atoms with Crippen molar-refractivity contribution in [1.29, 1.82) is 0 Å². The van der Waals surface area contributed by atoms with Gasteiger partial charge in [0.15, 0.2) is 0 Å².